The second-order valence-corrected chi connectivity index (χ2v) is 3.10. The van der Waals surface area contributed by atoms with Gasteiger partial charge in [-0.1, -0.05) is 11.8 Å². The summed E-state index contributed by atoms with van der Waals surface area (Å²) in [7, 11) is 0. The van der Waals surface area contributed by atoms with Crippen molar-refractivity contribution in [1.82, 2.24) is 10.6 Å². The highest BCUT2D eigenvalue weighted by molar-refractivity contribution is 8.02. The summed E-state index contributed by atoms with van der Waals surface area (Å²) in [6.07, 6.45) is 2.99. The summed E-state index contributed by atoms with van der Waals surface area (Å²) in [6, 6.07) is 0. The maximum Gasteiger partial charge on any atom is 0.129 e. The van der Waals surface area contributed by atoms with Gasteiger partial charge >= 0.3 is 0 Å². The summed E-state index contributed by atoms with van der Waals surface area (Å²) in [5.74, 6) is 0. The molecule has 3 nitrogen and oxygen atoms in total. The maximum atomic E-state index is 5.33. The molecule has 0 aromatic rings. The van der Waals surface area contributed by atoms with Crippen molar-refractivity contribution in [3.05, 3.63) is 11.6 Å². The molecule has 0 bridgehead atoms. The van der Waals surface area contributed by atoms with Crippen molar-refractivity contribution < 1.29 is 0 Å². The van der Waals surface area contributed by atoms with Gasteiger partial charge < -0.3 is 11.1 Å². The number of nitrogens with one attached hydrogen (secondary N) is 2. The average molecular weight is 159 g/mol. The van der Waals surface area contributed by atoms with Crippen LogP contribution in [0.2, 0.25) is 0 Å². The lowest BCUT2D eigenvalue weighted by Crippen LogP contribution is -2.35. The standard InChI is InChI=1S/C6H13N3S/c7-2-1-3-8-6-9-4-5-10-6/h4-6,8-9H,1-3,7H2. The average Bonchev–Trinajstić information content (AvgIpc) is 2.41. The summed E-state index contributed by atoms with van der Waals surface area (Å²) in [6.45, 7) is 1.75. The number of hydrogen-bond acceptors (Lipinski definition) is 4. The fraction of sp³-hybridized carbons (Fsp3) is 0.667. The maximum absolute atomic E-state index is 5.33. The van der Waals surface area contributed by atoms with Gasteiger partial charge in [0.05, 0.1) is 0 Å². The zero-order valence-corrected chi connectivity index (χ0v) is 6.66. The first-order chi connectivity index (χ1) is 4.93. The first-order valence-electron chi connectivity index (χ1n) is 3.43. The third-order valence-electron chi connectivity index (χ3n) is 1.24. The van der Waals surface area contributed by atoms with Crippen molar-refractivity contribution in [3.63, 3.8) is 0 Å². The topological polar surface area (TPSA) is 50.1 Å². The number of hydrogen-bond donors (Lipinski definition) is 3. The molecular weight excluding hydrogens is 146 g/mol. The number of thioether (sulfide) groups is 1. The predicted molar refractivity (Wildman–Crippen MR) is 45.3 cm³/mol. The molecule has 0 aromatic heterocycles. The molecule has 0 radical (unpaired) electrons. The molecule has 4 heteroatoms. The van der Waals surface area contributed by atoms with Gasteiger partial charge in [0.15, 0.2) is 0 Å². The second kappa shape index (κ2) is 4.60. The number of nitrogens with two attached hydrogens (primary N) is 1. The molecular formula is C6H13N3S. The Bertz CT molecular complexity index is 108. The zero-order valence-electron chi connectivity index (χ0n) is 5.84. The smallest absolute Gasteiger partial charge is 0.129 e. The normalized spacial score (nSPS) is 23.1. The number of rotatable bonds is 4. The van der Waals surface area contributed by atoms with E-state index in [4.69, 9.17) is 5.73 Å². The van der Waals surface area contributed by atoms with Crippen molar-refractivity contribution in [2.75, 3.05) is 13.1 Å². The van der Waals surface area contributed by atoms with Crippen LogP contribution in [0.15, 0.2) is 11.6 Å². The molecule has 0 saturated carbocycles. The Kier molecular flexibility index (Phi) is 3.64. The molecule has 0 fully saturated rings. The van der Waals surface area contributed by atoms with E-state index in [9.17, 15) is 0 Å². The Morgan fingerprint density at radius 1 is 1.70 bits per heavy atom. The minimum absolute atomic E-state index is 0.367. The monoisotopic (exact) mass is 159 g/mol. The third-order valence-corrected chi connectivity index (χ3v) is 2.11. The fourth-order valence-corrected chi connectivity index (χ4v) is 1.41. The van der Waals surface area contributed by atoms with E-state index < -0.39 is 0 Å². The summed E-state index contributed by atoms with van der Waals surface area (Å²) in [4.78, 5) is 0. The summed E-state index contributed by atoms with van der Waals surface area (Å²) in [5, 5.41) is 8.48. The molecule has 4 N–H and O–H groups in total. The molecule has 0 amide bonds. The zero-order chi connectivity index (χ0) is 7.23. The lowest BCUT2D eigenvalue weighted by atomic mass is 10.4. The van der Waals surface area contributed by atoms with Gasteiger partial charge in [0.25, 0.3) is 0 Å². The lowest BCUT2D eigenvalue weighted by molar-refractivity contribution is 0.596. The van der Waals surface area contributed by atoms with Crippen molar-refractivity contribution in [2.45, 2.75) is 11.9 Å². The summed E-state index contributed by atoms with van der Waals surface area (Å²) < 4.78 is 0. The van der Waals surface area contributed by atoms with Gasteiger partial charge in [-0.05, 0) is 24.9 Å². The molecule has 1 aliphatic heterocycles. The molecule has 1 unspecified atom stereocenters. The van der Waals surface area contributed by atoms with Gasteiger partial charge in [0.2, 0.25) is 0 Å². The third kappa shape index (κ3) is 2.60. The molecule has 0 saturated heterocycles. The van der Waals surface area contributed by atoms with Crippen LogP contribution in [-0.2, 0) is 0 Å². The summed E-state index contributed by atoms with van der Waals surface area (Å²) >= 11 is 1.75. The van der Waals surface area contributed by atoms with E-state index in [1.165, 1.54) is 0 Å². The lowest BCUT2D eigenvalue weighted by Gasteiger charge is -2.10. The predicted octanol–water partition coefficient (Wildman–Crippen LogP) is 0.0160. The van der Waals surface area contributed by atoms with Gasteiger partial charge in [-0.15, -0.1) is 0 Å². The van der Waals surface area contributed by atoms with E-state index in [1.54, 1.807) is 11.8 Å². The Hall–Kier alpha value is -0.190. The Morgan fingerprint density at radius 2 is 2.60 bits per heavy atom. The molecule has 1 heterocycles. The van der Waals surface area contributed by atoms with Crippen LogP contribution in [0.1, 0.15) is 6.42 Å². The van der Waals surface area contributed by atoms with E-state index in [0.29, 0.717) is 5.50 Å². The first kappa shape index (κ1) is 7.91. The molecule has 1 aliphatic rings. The highest BCUT2D eigenvalue weighted by Crippen LogP contribution is 2.11. The van der Waals surface area contributed by atoms with Gasteiger partial charge in [0, 0.05) is 6.20 Å². The summed E-state index contributed by atoms with van der Waals surface area (Å²) in [5.41, 5.74) is 5.70. The van der Waals surface area contributed by atoms with Crippen LogP contribution in [0.5, 0.6) is 0 Å². The van der Waals surface area contributed by atoms with Crippen molar-refractivity contribution in [3.8, 4) is 0 Å². The van der Waals surface area contributed by atoms with Crippen molar-refractivity contribution in [1.29, 1.82) is 0 Å². The van der Waals surface area contributed by atoms with Crippen LogP contribution in [-0.4, -0.2) is 18.6 Å². The second-order valence-electron chi connectivity index (χ2n) is 2.08. The van der Waals surface area contributed by atoms with E-state index >= 15 is 0 Å². The molecule has 10 heavy (non-hydrogen) atoms. The van der Waals surface area contributed by atoms with Crippen LogP contribution in [0.3, 0.4) is 0 Å². The minimum atomic E-state index is 0.367. The fourth-order valence-electron chi connectivity index (χ4n) is 0.726. The van der Waals surface area contributed by atoms with Crippen molar-refractivity contribution >= 4 is 11.8 Å². The molecule has 0 spiro atoms. The van der Waals surface area contributed by atoms with Crippen LogP contribution >= 0.6 is 11.8 Å². The van der Waals surface area contributed by atoms with Gasteiger partial charge in [-0.3, -0.25) is 5.32 Å². The molecule has 1 rings (SSSR count). The van der Waals surface area contributed by atoms with Crippen molar-refractivity contribution in [2.24, 2.45) is 5.73 Å². The van der Waals surface area contributed by atoms with Gasteiger partial charge in [-0.25, -0.2) is 0 Å². The van der Waals surface area contributed by atoms with E-state index in [-0.39, 0.29) is 0 Å². The molecule has 0 aliphatic carbocycles. The van der Waals surface area contributed by atoms with Gasteiger partial charge in [0.1, 0.15) is 5.50 Å². The van der Waals surface area contributed by atoms with Crippen LogP contribution in [0.4, 0.5) is 0 Å². The quantitative estimate of drug-likeness (QED) is 0.506. The molecule has 1 atom stereocenters. The Labute approximate surface area is 65.4 Å². The Balaban J connectivity index is 1.93. The largest absolute Gasteiger partial charge is 0.367 e. The van der Waals surface area contributed by atoms with E-state index in [0.717, 1.165) is 19.5 Å². The van der Waals surface area contributed by atoms with E-state index in [2.05, 4.69) is 10.6 Å². The van der Waals surface area contributed by atoms with Crippen LogP contribution in [0, 0.1) is 0 Å². The first-order valence-corrected chi connectivity index (χ1v) is 4.38. The van der Waals surface area contributed by atoms with Crippen LogP contribution in [0.25, 0.3) is 0 Å². The minimum Gasteiger partial charge on any atom is -0.367 e. The Morgan fingerprint density at radius 3 is 3.20 bits per heavy atom. The van der Waals surface area contributed by atoms with Gasteiger partial charge in [-0.2, -0.15) is 0 Å². The van der Waals surface area contributed by atoms with E-state index in [1.807, 2.05) is 11.6 Å². The SMILES string of the molecule is NCCCNC1NC=CS1. The molecule has 0 aromatic carbocycles. The highest BCUT2D eigenvalue weighted by Gasteiger charge is 2.06. The highest BCUT2D eigenvalue weighted by atomic mass is 32.2. The molecule has 58 valence electrons. The van der Waals surface area contributed by atoms with Crippen LogP contribution < -0.4 is 16.4 Å².